The van der Waals surface area contributed by atoms with Gasteiger partial charge in [0.1, 0.15) is 0 Å². The van der Waals surface area contributed by atoms with Gasteiger partial charge in [0.15, 0.2) is 0 Å². The van der Waals surface area contributed by atoms with Crippen molar-refractivity contribution in [3.8, 4) is 0 Å². The predicted molar refractivity (Wildman–Crippen MR) is 31.8 cm³/mol. The molecule has 1 unspecified atom stereocenters. The second-order valence-electron chi connectivity index (χ2n) is 1.80. The van der Waals surface area contributed by atoms with Crippen molar-refractivity contribution >= 4 is 7.12 Å². The Labute approximate surface area is 78.2 Å². The van der Waals surface area contributed by atoms with Crippen LogP contribution in [-0.4, -0.2) is 22.6 Å². The van der Waals surface area contributed by atoms with Gasteiger partial charge >= 0.3 is 36.7 Å². The third-order valence-electron chi connectivity index (χ3n) is 1.15. The molecule has 0 aliphatic carbocycles. The Morgan fingerprint density at radius 2 is 1.78 bits per heavy atom. The van der Waals surface area contributed by atoms with Crippen molar-refractivity contribution in [2.75, 3.05) is 0 Å². The van der Waals surface area contributed by atoms with E-state index in [2.05, 4.69) is 0 Å². The van der Waals surface area contributed by atoms with Gasteiger partial charge in [-0.3, -0.25) is 0 Å². The minimum atomic E-state index is -1.13. The fourth-order valence-electron chi connectivity index (χ4n) is 0.211. The van der Waals surface area contributed by atoms with Crippen LogP contribution in [0, 0.1) is 0 Å². The molecule has 0 aliphatic heterocycles. The summed E-state index contributed by atoms with van der Waals surface area (Å²) in [6, 6.07) is 0. The van der Waals surface area contributed by atoms with Crippen LogP contribution in [0.4, 0.5) is 0 Å². The zero-order chi connectivity index (χ0) is 5.86. The molecule has 0 heterocycles. The van der Waals surface area contributed by atoms with Crippen molar-refractivity contribution in [1.29, 1.82) is 0 Å². The standard InChI is InChI=1S/C4H11BO2.Na.H2O/c1-3-4(2)5(6)7;;/h4,6-7H,3H2,1-2H3;;1H2/q;+1;/p-1. The van der Waals surface area contributed by atoms with Crippen LogP contribution in [0.1, 0.15) is 20.3 Å². The van der Waals surface area contributed by atoms with Gasteiger partial charge in [-0.25, -0.2) is 0 Å². The van der Waals surface area contributed by atoms with Crippen LogP contribution in [0.25, 0.3) is 0 Å². The second kappa shape index (κ2) is 8.94. The normalized spacial score (nSPS) is 10.7. The monoisotopic (exact) mass is 142 g/mol. The summed E-state index contributed by atoms with van der Waals surface area (Å²) in [5.74, 6) is 0.0139. The molecule has 0 saturated heterocycles. The van der Waals surface area contributed by atoms with Crippen LogP contribution >= 0.6 is 0 Å². The van der Waals surface area contributed by atoms with E-state index in [0.29, 0.717) is 0 Å². The zero-order valence-electron chi connectivity index (χ0n) is 6.20. The smallest absolute Gasteiger partial charge is 0.870 e. The zero-order valence-corrected chi connectivity index (χ0v) is 8.20. The average molecular weight is 142 g/mol. The van der Waals surface area contributed by atoms with E-state index >= 15 is 0 Å². The third-order valence-corrected chi connectivity index (χ3v) is 1.15. The minimum absolute atomic E-state index is 0. The maximum atomic E-state index is 8.38. The fourth-order valence-corrected chi connectivity index (χ4v) is 0.211. The number of hydrogen-bond acceptors (Lipinski definition) is 3. The summed E-state index contributed by atoms with van der Waals surface area (Å²) in [4.78, 5) is 0. The molecule has 0 saturated carbocycles. The van der Waals surface area contributed by atoms with Gasteiger partial charge in [0, 0.05) is 0 Å². The molecule has 3 N–H and O–H groups in total. The molecule has 1 atom stereocenters. The first-order valence-electron chi connectivity index (χ1n) is 2.54. The van der Waals surface area contributed by atoms with Crippen LogP contribution < -0.4 is 29.6 Å². The van der Waals surface area contributed by atoms with Crippen LogP contribution in [0.15, 0.2) is 0 Å². The van der Waals surface area contributed by atoms with Crippen molar-refractivity contribution in [2.45, 2.75) is 26.1 Å². The van der Waals surface area contributed by atoms with Crippen molar-refractivity contribution in [1.82, 2.24) is 0 Å². The Morgan fingerprint density at radius 1 is 1.44 bits per heavy atom. The molecule has 0 aliphatic rings. The van der Waals surface area contributed by atoms with Gasteiger partial charge in [-0.1, -0.05) is 20.3 Å². The van der Waals surface area contributed by atoms with Gasteiger partial charge in [0.25, 0.3) is 0 Å². The van der Waals surface area contributed by atoms with Gasteiger partial charge in [-0.05, 0) is 5.82 Å². The number of rotatable bonds is 2. The second-order valence-corrected chi connectivity index (χ2v) is 1.80. The molecule has 0 radical (unpaired) electrons. The van der Waals surface area contributed by atoms with Gasteiger partial charge in [0.2, 0.25) is 0 Å². The Bertz CT molecular complexity index is 53.1. The van der Waals surface area contributed by atoms with Gasteiger partial charge in [-0.15, -0.1) is 0 Å². The van der Waals surface area contributed by atoms with E-state index in [1.165, 1.54) is 0 Å². The van der Waals surface area contributed by atoms with E-state index < -0.39 is 7.12 Å². The quantitative estimate of drug-likeness (QED) is 0.406. The van der Waals surface area contributed by atoms with Crippen LogP contribution in [0.5, 0.6) is 0 Å². The Balaban J connectivity index is -0.000000180. The van der Waals surface area contributed by atoms with Crippen molar-refractivity contribution < 1.29 is 45.1 Å². The van der Waals surface area contributed by atoms with Gasteiger partial charge < -0.3 is 15.5 Å². The first kappa shape index (κ1) is 16.5. The Hall–Kier alpha value is 0.945. The molecule has 0 amide bonds. The summed E-state index contributed by atoms with van der Waals surface area (Å²) in [6.45, 7) is 3.72. The maximum Gasteiger partial charge on any atom is 1.00 e. The molecule has 3 nitrogen and oxygen atoms in total. The summed E-state index contributed by atoms with van der Waals surface area (Å²) in [6.07, 6.45) is 0.817. The molecule has 9 heavy (non-hydrogen) atoms. The topological polar surface area (TPSA) is 70.5 Å². The summed E-state index contributed by atoms with van der Waals surface area (Å²) >= 11 is 0. The van der Waals surface area contributed by atoms with Gasteiger partial charge in [-0.2, -0.15) is 0 Å². The molecule has 0 aromatic rings. The molecule has 0 aromatic carbocycles. The predicted octanol–water partition coefficient (Wildman–Crippen LogP) is -2.91. The molecule has 0 spiro atoms. The SMILES string of the molecule is CCC(C)B(O)O.[Na+].[OH-]. The Kier molecular flexibility index (Phi) is 16.4. The summed E-state index contributed by atoms with van der Waals surface area (Å²) in [7, 11) is -1.13. The summed E-state index contributed by atoms with van der Waals surface area (Å²) < 4.78 is 0. The average Bonchev–Trinajstić information content (AvgIpc) is 1.65. The van der Waals surface area contributed by atoms with Crippen LogP contribution in [0.3, 0.4) is 0 Å². The summed E-state index contributed by atoms with van der Waals surface area (Å²) in [5, 5.41) is 16.8. The van der Waals surface area contributed by atoms with E-state index in [9.17, 15) is 0 Å². The molecule has 5 heteroatoms. The number of hydrogen-bond donors (Lipinski definition) is 2. The van der Waals surface area contributed by atoms with Crippen molar-refractivity contribution in [2.24, 2.45) is 0 Å². The van der Waals surface area contributed by atoms with E-state index in [1.807, 2.05) is 6.92 Å². The molecule has 50 valence electrons. The molecule has 0 rings (SSSR count). The van der Waals surface area contributed by atoms with E-state index in [4.69, 9.17) is 10.0 Å². The summed E-state index contributed by atoms with van der Waals surface area (Å²) in [5.41, 5.74) is 0. The van der Waals surface area contributed by atoms with Crippen molar-refractivity contribution in [3.05, 3.63) is 0 Å². The van der Waals surface area contributed by atoms with E-state index in [0.717, 1.165) is 6.42 Å². The molecule has 0 bridgehead atoms. The van der Waals surface area contributed by atoms with Crippen molar-refractivity contribution in [3.63, 3.8) is 0 Å². The Morgan fingerprint density at radius 3 is 1.78 bits per heavy atom. The van der Waals surface area contributed by atoms with Crippen LogP contribution in [-0.2, 0) is 0 Å². The minimum Gasteiger partial charge on any atom is -0.870 e. The molecule has 0 fully saturated rings. The fraction of sp³-hybridized carbons (Fsp3) is 1.00. The molecular weight excluding hydrogens is 130 g/mol. The maximum absolute atomic E-state index is 8.38. The first-order valence-corrected chi connectivity index (χ1v) is 2.54. The molecule has 0 aromatic heterocycles. The van der Waals surface area contributed by atoms with Crippen LogP contribution in [0.2, 0.25) is 5.82 Å². The van der Waals surface area contributed by atoms with E-state index in [-0.39, 0.29) is 40.9 Å². The van der Waals surface area contributed by atoms with Gasteiger partial charge in [0.05, 0.1) is 0 Å². The third kappa shape index (κ3) is 8.94. The van der Waals surface area contributed by atoms with E-state index in [1.54, 1.807) is 6.92 Å². The molecular formula is C4H12BNaO3. The largest absolute Gasteiger partial charge is 1.00 e. The first-order chi connectivity index (χ1) is 3.18.